The third kappa shape index (κ3) is 5.47. The van der Waals surface area contributed by atoms with Crippen LogP contribution in [0.25, 0.3) is 0 Å². The van der Waals surface area contributed by atoms with Crippen LogP contribution in [0.5, 0.6) is 0 Å². The van der Waals surface area contributed by atoms with E-state index >= 15 is 0 Å². The van der Waals surface area contributed by atoms with Crippen molar-refractivity contribution in [3.63, 3.8) is 0 Å². The van der Waals surface area contributed by atoms with Gasteiger partial charge in [-0.1, -0.05) is 25.4 Å². The van der Waals surface area contributed by atoms with Gasteiger partial charge in [-0.15, -0.1) is 0 Å². The molecule has 0 bridgehead atoms. The van der Waals surface area contributed by atoms with E-state index in [-0.39, 0.29) is 0 Å². The molecule has 1 rings (SSSR count). The van der Waals surface area contributed by atoms with Crippen molar-refractivity contribution < 1.29 is 0 Å². The van der Waals surface area contributed by atoms with Crippen molar-refractivity contribution in [3.8, 4) is 0 Å². The zero-order valence-corrected chi connectivity index (χ0v) is 10.9. The average molecular weight is 241 g/mol. The zero-order valence-electron chi connectivity index (χ0n) is 10.2. The van der Waals surface area contributed by atoms with Crippen LogP contribution in [-0.4, -0.2) is 18.1 Å². The first-order valence-electron chi connectivity index (χ1n) is 5.99. The molecule has 0 aliphatic heterocycles. The lowest BCUT2D eigenvalue weighted by Crippen LogP contribution is -2.20. The molecule has 0 fully saturated rings. The van der Waals surface area contributed by atoms with Crippen molar-refractivity contribution in [2.24, 2.45) is 5.92 Å². The Morgan fingerprint density at radius 2 is 2.19 bits per heavy atom. The summed E-state index contributed by atoms with van der Waals surface area (Å²) in [5, 5.41) is 4.23. The van der Waals surface area contributed by atoms with Gasteiger partial charge < -0.3 is 5.32 Å². The lowest BCUT2D eigenvalue weighted by molar-refractivity contribution is 0.535. The molecular weight excluding hydrogens is 220 g/mol. The molecule has 0 unspecified atom stereocenters. The van der Waals surface area contributed by atoms with Gasteiger partial charge in [0.25, 0.3) is 0 Å². The van der Waals surface area contributed by atoms with Gasteiger partial charge in [-0.3, -0.25) is 4.98 Å². The number of aromatic nitrogens is 1. The molecule has 0 aliphatic rings. The summed E-state index contributed by atoms with van der Waals surface area (Å²) in [5.41, 5.74) is 1.21. The van der Waals surface area contributed by atoms with Crippen LogP contribution in [0.2, 0.25) is 5.02 Å². The van der Waals surface area contributed by atoms with Crippen LogP contribution in [0.1, 0.15) is 32.3 Å². The Morgan fingerprint density at radius 1 is 1.38 bits per heavy atom. The molecule has 1 aromatic heterocycles. The fraction of sp³-hybridized carbons (Fsp3) is 0.615. The number of halogens is 1. The molecule has 1 aromatic rings. The molecule has 0 aliphatic carbocycles. The standard InChI is InChI=1S/C13H21ClN2/c1-11(2)9-15-7-4-3-5-12-6-8-16-10-13(12)14/h6,8,10-11,15H,3-5,7,9H2,1-2H3. The van der Waals surface area contributed by atoms with Crippen molar-refractivity contribution in [2.45, 2.75) is 33.1 Å². The molecule has 2 nitrogen and oxygen atoms in total. The van der Waals surface area contributed by atoms with E-state index in [1.54, 1.807) is 12.4 Å². The number of rotatable bonds is 7. The van der Waals surface area contributed by atoms with Gasteiger partial charge in [0, 0.05) is 12.4 Å². The number of aryl methyl sites for hydroxylation is 1. The fourth-order valence-corrected chi connectivity index (χ4v) is 1.78. The quantitative estimate of drug-likeness (QED) is 0.740. The minimum Gasteiger partial charge on any atom is -0.316 e. The van der Waals surface area contributed by atoms with Crippen LogP contribution in [-0.2, 0) is 6.42 Å². The SMILES string of the molecule is CC(C)CNCCCCc1ccncc1Cl. The summed E-state index contributed by atoms with van der Waals surface area (Å²) >= 11 is 6.03. The van der Waals surface area contributed by atoms with E-state index in [9.17, 15) is 0 Å². The minimum absolute atomic E-state index is 0.731. The number of hydrogen-bond acceptors (Lipinski definition) is 2. The third-order valence-corrected chi connectivity index (χ3v) is 2.80. The van der Waals surface area contributed by atoms with Gasteiger partial charge in [0.05, 0.1) is 5.02 Å². The maximum absolute atomic E-state index is 6.03. The molecular formula is C13H21ClN2. The summed E-state index contributed by atoms with van der Waals surface area (Å²) in [6.45, 7) is 6.66. The molecule has 1 heterocycles. The van der Waals surface area contributed by atoms with E-state index in [1.165, 1.54) is 18.4 Å². The van der Waals surface area contributed by atoms with Gasteiger partial charge in [-0.05, 0) is 49.9 Å². The number of nitrogens with zero attached hydrogens (tertiary/aromatic N) is 1. The topological polar surface area (TPSA) is 24.9 Å². The van der Waals surface area contributed by atoms with Crippen molar-refractivity contribution in [1.82, 2.24) is 10.3 Å². The first kappa shape index (κ1) is 13.5. The summed E-state index contributed by atoms with van der Waals surface area (Å²) < 4.78 is 0. The molecule has 0 amide bonds. The van der Waals surface area contributed by atoms with Crippen LogP contribution >= 0.6 is 11.6 Å². The number of nitrogens with one attached hydrogen (secondary N) is 1. The number of unbranched alkanes of at least 4 members (excludes halogenated alkanes) is 1. The van der Waals surface area contributed by atoms with Crippen molar-refractivity contribution >= 4 is 11.6 Å². The highest BCUT2D eigenvalue weighted by atomic mass is 35.5. The van der Waals surface area contributed by atoms with Gasteiger partial charge in [0.1, 0.15) is 0 Å². The first-order valence-corrected chi connectivity index (χ1v) is 6.37. The summed E-state index contributed by atoms with van der Waals surface area (Å²) in [5.74, 6) is 0.731. The Hall–Kier alpha value is -0.600. The second-order valence-corrected chi connectivity index (χ2v) is 4.93. The molecule has 0 atom stereocenters. The van der Waals surface area contributed by atoms with E-state index in [0.717, 1.165) is 30.5 Å². The second kappa shape index (κ2) is 7.64. The molecule has 0 radical (unpaired) electrons. The average Bonchev–Trinajstić information content (AvgIpc) is 2.25. The van der Waals surface area contributed by atoms with E-state index in [4.69, 9.17) is 11.6 Å². The van der Waals surface area contributed by atoms with E-state index in [0.29, 0.717) is 0 Å². The molecule has 3 heteroatoms. The monoisotopic (exact) mass is 240 g/mol. The molecule has 16 heavy (non-hydrogen) atoms. The lowest BCUT2D eigenvalue weighted by Gasteiger charge is -2.07. The molecule has 1 N–H and O–H groups in total. The maximum Gasteiger partial charge on any atom is 0.0621 e. The Morgan fingerprint density at radius 3 is 2.88 bits per heavy atom. The fourth-order valence-electron chi connectivity index (χ4n) is 1.56. The largest absolute Gasteiger partial charge is 0.316 e. The second-order valence-electron chi connectivity index (χ2n) is 4.52. The molecule has 0 spiro atoms. The molecule has 0 saturated carbocycles. The molecule has 0 aromatic carbocycles. The summed E-state index contributed by atoms with van der Waals surface area (Å²) in [7, 11) is 0. The third-order valence-electron chi connectivity index (χ3n) is 2.46. The molecule has 0 saturated heterocycles. The van der Waals surface area contributed by atoms with E-state index < -0.39 is 0 Å². The summed E-state index contributed by atoms with van der Waals surface area (Å²) in [6.07, 6.45) is 6.94. The van der Waals surface area contributed by atoms with E-state index in [2.05, 4.69) is 24.1 Å². The highest BCUT2D eigenvalue weighted by Gasteiger charge is 1.99. The van der Waals surface area contributed by atoms with Gasteiger partial charge in [0.2, 0.25) is 0 Å². The van der Waals surface area contributed by atoms with Gasteiger partial charge in [0.15, 0.2) is 0 Å². The molecule has 90 valence electrons. The van der Waals surface area contributed by atoms with Crippen molar-refractivity contribution in [2.75, 3.05) is 13.1 Å². The van der Waals surface area contributed by atoms with E-state index in [1.807, 2.05) is 6.07 Å². The van der Waals surface area contributed by atoms with Crippen LogP contribution in [0, 0.1) is 5.92 Å². The highest BCUT2D eigenvalue weighted by molar-refractivity contribution is 6.31. The van der Waals surface area contributed by atoms with Crippen LogP contribution in [0.4, 0.5) is 0 Å². The predicted molar refractivity (Wildman–Crippen MR) is 69.9 cm³/mol. The predicted octanol–water partition coefficient (Wildman–Crippen LogP) is 3.30. The highest BCUT2D eigenvalue weighted by Crippen LogP contribution is 2.15. The van der Waals surface area contributed by atoms with Gasteiger partial charge >= 0.3 is 0 Å². The Labute approximate surface area is 103 Å². The van der Waals surface area contributed by atoms with Gasteiger partial charge in [-0.25, -0.2) is 0 Å². The van der Waals surface area contributed by atoms with Crippen LogP contribution in [0.3, 0.4) is 0 Å². The number of pyridine rings is 1. The summed E-state index contributed by atoms with van der Waals surface area (Å²) in [4.78, 5) is 3.98. The Balaban J connectivity index is 2.10. The Bertz CT molecular complexity index is 300. The summed E-state index contributed by atoms with van der Waals surface area (Å²) in [6, 6.07) is 2.00. The Kier molecular flexibility index (Phi) is 6.43. The smallest absolute Gasteiger partial charge is 0.0621 e. The minimum atomic E-state index is 0.731. The van der Waals surface area contributed by atoms with Crippen LogP contribution < -0.4 is 5.32 Å². The van der Waals surface area contributed by atoms with Crippen molar-refractivity contribution in [1.29, 1.82) is 0 Å². The lowest BCUT2D eigenvalue weighted by atomic mass is 10.1. The first-order chi connectivity index (χ1) is 7.70. The van der Waals surface area contributed by atoms with Crippen molar-refractivity contribution in [3.05, 3.63) is 29.0 Å². The zero-order chi connectivity index (χ0) is 11.8. The number of hydrogen-bond donors (Lipinski definition) is 1. The normalized spacial score (nSPS) is 11.0. The maximum atomic E-state index is 6.03. The van der Waals surface area contributed by atoms with Gasteiger partial charge in [-0.2, -0.15) is 0 Å². The van der Waals surface area contributed by atoms with Crippen LogP contribution in [0.15, 0.2) is 18.5 Å².